The van der Waals surface area contributed by atoms with Crippen LogP contribution in [0.5, 0.6) is 0 Å². The van der Waals surface area contributed by atoms with Gasteiger partial charge in [-0.05, 0) is 12.3 Å². The van der Waals surface area contributed by atoms with E-state index in [2.05, 4.69) is 23.5 Å². The first kappa shape index (κ1) is 20.7. The molecule has 0 aliphatic heterocycles. The molecule has 4 heteroatoms. The Balaban J connectivity index is 1.75. The van der Waals surface area contributed by atoms with Gasteiger partial charge in [-0.15, -0.1) is 0 Å². The number of carbonyl (C=O) groups excluding carboxylic acids is 1. The van der Waals surface area contributed by atoms with Crippen LogP contribution in [0.2, 0.25) is 0 Å². The van der Waals surface area contributed by atoms with E-state index >= 15 is 0 Å². The molecule has 0 radical (unpaired) electrons. The number of aromatic nitrogens is 1. The average Bonchev–Trinajstić information content (AvgIpc) is 3.09. The first-order valence-electron chi connectivity index (χ1n) is 9.77. The van der Waals surface area contributed by atoms with Crippen LogP contribution in [0.1, 0.15) is 101 Å². The zero-order chi connectivity index (χ0) is 17.5. The van der Waals surface area contributed by atoms with Crippen molar-refractivity contribution in [2.24, 2.45) is 5.92 Å². The Kier molecular flexibility index (Phi) is 12.1. The van der Waals surface area contributed by atoms with Crippen LogP contribution >= 0.6 is 0 Å². The molecule has 0 unspecified atom stereocenters. The Labute approximate surface area is 147 Å². The second-order valence-electron chi connectivity index (χ2n) is 7.09. The molecular formula is C20H35NO3. The topological polar surface area (TPSA) is 52.3 Å². The molecule has 138 valence electrons. The number of hydrogen-bond donors (Lipinski definition) is 0. The molecule has 0 saturated heterocycles. The van der Waals surface area contributed by atoms with Crippen molar-refractivity contribution in [3.8, 4) is 0 Å². The lowest BCUT2D eigenvalue weighted by Crippen LogP contribution is -2.06. The summed E-state index contributed by atoms with van der Waals surface area (Å²) in [5.41, 5.74) is 0.249. The van der Waals surface area contributed by atoms with Gasteiger partial charge in [0.1, 0.15) is 6.26 Å². The fourth-order valence-corrected chi connectivity index (χ4v) is 2.80. The van der Waals surface area contributed by atoms with Crippen molar-refractivity contribution < 1.29 is 14.1 Å². The van der Waals surface area contributed by atoms with Gasteiger partial charge in [0.25, 0.3) is 0 Å². The first-order valence-corrected chi connectivity index (χ1v) is 9.77. The van der Waals surface area contributed by atoms with E-state index in [1.165, 1.54) is 76.5 Å². The van der Waals surface area contributed by atoms with Gasteiger partial charge in [-0.25, -0.2) is 4.79 Å². The van der Waals surface area contributed by atoms with Crippen LogP contribution in [-0.2, 0) is 4.74 Å². The molecule has 24 heavy (non-hydrogen) atoms. The maximum atomic E-state index is 11.5. The third kappa shape index (κ3) is 11.3. The van der Waals surface area contributed by atoms with Crippen LogP contribution < -0.4 is 0 Å². The number of nitrogens with zero attached hydrogens (tertiary/aromatic N) is 1. The van der Waals surface area contributed by atoms with E-state index in [0.717, 1.165) is 18.8 Å². The number of unbranched alkanes of at least 4 members (excludes halogenated alkanes) is 10. The Morgan fingerprint density at radius 1 is 0.958 bits per heavy atom. The van der Waals surface area contributed by atoms with Crippen molar-refractivity contribution in [2.75, 3.05) is 6.61 Å². The van der Waals surface area contributed by atoms with Gasteiger partial charge in [0.05, 0.1) is 6.61 Å². The van der Waals surface area contributed by atoms with E-state index in [0.29, 0.717) is 6.61 Å². The smallest absolute Gasteiger partial charge is 0.360 e. The number of ether oxygens (including phenoxy) is 1. The molecule has 0 aromatic carbocycles. The molecule has 0 aliphatic carbocycles. The van der Waals surface area contributed by atoms with E-state index in [1.54, 1.807) is 0 Å². The van der Waals surface area contributed by atoms with Crippen molar-refractivity contribution in [3.63, 3.8) is 0 Å². The highest BCUT2D eigenvalue weighted by Crippen LogP contribution is 2.13. The predicted octanol–water partition coefficient (Wildman–Crippen LogP) is 6.17. The summed E-state index contributed by atoms with van der Waals surface area (Å²) >= 11 is 0. The maximum Gasteiger partial charge on any atom is 0.360 e. The summed E-state index contributed by atoms with van der Waals surface area (Å²) in [4.78, 5) is 11.5. The minimum Gasteiger partial charge on any atom is -0.461 e. The van der Waals surface area contributed by atoms with Gasteiger partial charge < -0.3 is 9.26 Å². The third-order valence-corrected chi connectivity index (χ3v) is 4.31. The molecule has 0 fully saturated rings. The molecule has 0 amide bonds. The van der Waals surface area contributed by atoms with Crippen molar-refractivity contribution in [3.05, 3.63) is 18.0 Å². The van der Waals surface area contributed by atoms with E-state index in [-0.39, 0.29) is 5.69 Å². The molecule has 1 aromatic rings. The lowest BCUT2D eigenvalue weighted by Gasteiger charge is -2.05. The van der Waals surface area contributed by atoms with Crippen LogP contribution in [0.15, 0.2) is 16.9 Å². The first-order chi connectivity index (χ1) is 11.7. The lowest BCUT2D eigenvalue weighted by molar-refractivity contribution is 0.0486. The largest absolute Gasteiger partial charge is 0.461 e. The molecule has 1 heterocycles. The summed E-state index contributed by atoms with van der Waals surface area (Å²) in [6.45, 7) is 5.09. The van der Waals surface area contributed by atoms with E-state index in [4.69, 9.17) is 4.74 Å². The average molecular weight is 338 g/mol. The number of carbonyl (C=O) groups is 1. The van der Waals surface area contributed by atoms with Gasteiger partial charge in [-0.2, -0.15) is 0 Å². The third-order valence-electron chi connectivity index (χ3n) is 4.31. The summed E-state index contributed by atoms with van der Waals surface area (Å²) in [7, 11) is 0. The normalized spacial score (nSPS) is 11.1. The molecule has 1 rings (SSSR count). The molecule has 0 spiro atoms. The van der Waals surface area contributed by atoms with Crippen LogP contribution in [0.25, 0.3) is 0 Å². The quantitative estimate of drug-likeness (QED) is 0.284. The Morgan fingerprint density at radius 3 is 2.00 bits per heavy atom. The molecule has 0 saturated carbocycles. The van der Waals surface area contributed by atoms with Crippen molar-refractivity contribution in [1.82, 2.24) is 5.16 Å². The highest BCUT2D eigenvalue weighted by molar-refractivity contribution is 5.86. The Morgan fingerprint density at radius 2 is 1.50 bits per heavy atom. The van der Waals surface area contributed by atoms with Crippen molar-refractivity contribution in [1.29, 1.82) is 0 Å². The van der Waals surface area contributed by atoms with Gasteiger partial charge in [0.2, 0.25) is 0 Å². The maximum absolute atomic E-state index is 11.5. The summed E-state index contributed by atoms with van der Waals surface area (Å²) in [6, 6.07) is 1.52. The zero-order valence-electron chi connectivity index (χ0n) is 15.6. The van der Waals surface area contributed by atoms with E-state index in [9.17, 15) is 4.79 Å². The molecule has 1 aromatic heterocycles. The van der Waals surface area contributed by atoms with Gasteiger partial charge in [-0.3, -0.25) is 0 Å². The second kappa shape index (κ2) is 14.1. The number of hydrogen-bond acceptors (Lipinski definition) is 4. The van der Waals surface area contributed by atoms with Gasteiger partial charge in [-0.1, -0.05) is 89.6 Å². The summed E-state index contributed by atoms with van der Waals surface area (Å²) in [5, 5.41) is 3.55. The fourth-order valence-electron chi connectivity index (χ4n) is 2.80. The van der Waals surface area contributed by atoms with Crippen LogP contribution in [0, 0.1) is 5.92 Å². The molecule has 0 bridgehead atoms. The van der Waals surface area contributed by atoms with Gasteiger partial charge >= 0.3 is 5.97 Å². The van der Waals surface area contributed by atoms with Gasteiger partial charge in [0.15, 0.2) is 5.69 Å². The molecular weight excluding hydrogens is 302 g/mol. The number of rotatable bonds is 15. The highest BCUT2D eigenvalue weighted by atomic mass is 16.5. The van der Waals surface area contributed by atoms with Crippen molar-refractivity contribution in [2.45, 2.75) is 90.9 Å². The zero-order valence-corrected chi connectivity index (χ0v) is 15.6. The Bertz CT molecular complexity index is 401. The molecule has 4 nitrogen and oxygen atoms in total. The van der Waals surface area contributed by atoms with Crippen molar-refractivity contribution >= 4 is 5.97 Å². The minimum atomic E-state index is -0.392. The standard InChI is InChI=1S/C20H35NO3/c1-18(2)14-12-10-8-6-4-3-5-7-9-11-13-16-23-20(22)19-15-17-24-21-19/h15,17-18H,3-14,16H2,1-2H3. The minimum absolute atomic E-state index is 0.249. The summed E-state index contributed by atoms with van der Waals surface area (Å²) in [5.74, 6) is 0.466. The fraction of sp³-hybridized carbons (Fsp3) is 0.800. The molecule has 0 atom stereocenters. The predicted molar refractivity (Wildman–Crippen MR) is 97.0 cm³/mol. The van der Waals surface area contributed by atoms with E-state index in [1.807, 2.05) is 0 Å². The van der Waals surface area contributed by atoms with E-state index < -0.39 is 5.97 Å². The van der Waals surface area contributed by atoms with Crippen LogP contribution in [0.4, 0.5) is 0 Å². The summed E-state index contributed by atoms with van der Waals surface area (Å²) in [6.07, 6.45) is 17.0. The van der Waals surface area contributed by atoms with Gasteiger partial charge in [0, 0.05) is 6.07 Å². The lowest BCUT2D eigenvalue weighted by atomic mass is 10.0. The molecule has 0 aliphatic rings. The monoisotopic (exact) mass is 337 g/mol. The highest BCUT2D eigenvalue weighted by Gasteiger charge is 2.09. The van der Waals surface area contributed by atoms with Crippen LogP contribution in [-0.4, -0.2) is 17.7 Å². The molecule has 0 N–H and O–H groups in total. The number of esters is 1. The SMILES string of the molecule is CC(C)CCCCCCCCCCCCCOC(=O)c1ccon1. The summed E-state index contributed by atoms with van der Waals surface area (Å²) < 4.78 is 9.74. The van der Waals surface area contributed by atoms with Crippen LogP contribution in [0.3, 0.4) is 0 Å². The Hall–Kier alpha value is -1.32. The second-order valence-corrected chi connectivity index (χ2v) is 7.09.